The van der Waals surface area contributed by atoms with Crippen LogP contribution < -0.4 is 14.4 Å². The minimum Gasteiger partial charge on any atom is -0.507 e. The van der Waals surface area contributed by atoms with E-state index in [0.717, 1.165) is 5.56 Å². The average Bonchev–Trinajstić information content (AvgIpc) is 3.13. The first-order valence-electron chi connectivity index (χ1n) is 11.8. The van der Waals surface area contributed by atoms with Crippen LogP contribution in [0.1, 0.15) is 36.6 Å². The molecule has 1 amide bonds. The topological polar surface area (TPSA) is 76.1 Å². The van der Waals surface area contributed by atoms with Gasteiger partial charge in [0.2, 0.25) is 0 Å². The molecule has 1 N–H and O–H groups in total. The highest BCUT2D eigenvalue weighted by Gasteiger charge is 2.47. The van der Waals surface area contributed by atoms with E-state index in [9.17, 15) is 14.7 Å². The molecule has 0 aliphatic carbocycles. The molecule has 6 nitrogen and oxygen atoms in total. The van der Waals surface area contributed by atoms with Crippen molar-refractivity contribution in [3.05, 3.63) is 93.0 Å². The largest absolute Gasteiger partial charge is 0.507 e. The molecular weight excluding hydrogens is 513 g/mol. The van der Waals surface area contributed by atoms with Crippen LogP contribution in [0.5, 0.6) is 11.5 Å². The highest BCUT2D eigenvalue weighted by Crippen LogP contribution is 2.44. The van der Waals surface area contributed by atoms with Crippen molar-refractivity contribution in [1.82, 2.24) is 0 Å². The third-order valence-electron chi connectivity index (χ3n) is 6.01. The summed E-state index contributed by atoms with van der Waals surface area (Å²) in [7, 11) is 1.42. The Morgan fingerprint density at radius 3 is 2.14 bits per heavy atom. The van der Waals surface area contributed by atoms with Gasteiger partial charge in [-0.05, 0) is 54.8 Å². The lowest BCUT2D eigenvalue weighted by molar-refractivity contribution is -0.132. The molecule has 1 unspecified atom stereocenters. The molecule has 3 aromatic rings. The predicted molar refractivity (Wildman–Crippen MR) is 146 cm³/mol. The molecule has 4 rings (SSSR count). The number of carbonyl (C=O) groups is 2. The van der Waals surface area contributed by atoms with E-state index in [1.54, 1.807) is 36.4 Å². The number of carbonyl (C=O) groups excluding carboxylic acids is 2. The van der Waals surface area contributed by atoms with Gasteiger partial charge in [0.15, 0.2) is 5.75 Å². The molecule has 192 valence electrons. The van der Waals surface area contributed by atoms with Gasteiger partial charge in [-0.2, -0.15) is 0 Å². The highest BCUT2D eigenvalue weighted by molar-refractivity contribution is 6.51. The Labute approximate surface area is 226 Å². The van der Waals surface area contributed by atoms with E-state index in [4.69, 9.17) is 32.7 Å². The third-order valence-corrected chi connectivity index (χ3v) is 6.57. The monoisotopic (exact) mass is 539 g/mol. The number of amides is 1. The van der Waals surface area contributed by atoms with E-state index >= 15 is 0 Å². The van der Waals surface area contributed by atoms with Gasteiger partial charge in [-0.15, -0.1) is 0 Å². The summed E-state index contributed by atoms with van der Waals surface area (Å²) in [6, 6.07) is 16.4. The van der Waals surface area contributed by atoms with Gasteiger partial charge in [0.25, 0.3) is 11.7 Å². The van der Waals surface area contributed by atoms with Crippen molar-refractivity contribution in [2.75, 3.05) is 18.6 Å². The van der Waals surface area contributed by atoms with Crippen molar-refractivity contribution < 1.29 is 24.2 Å². The van der Waals surface area contributed by atoms with E-state index in [0.29, 0.717) is 29.5 Å². The summed E-state index contributed by atoms with van der Waals surface area (Å²) >= 11 is 12.6. The maximum atomic E-state index is 13.4. The molecular formula is C29H27Cl2NO5. The molecule has 1 fully saturated rings. The number of aryl methyl sites for hydroxylation is 1. The Hall–Kier alpha value is -3.48. The number of methoxy groups -OCH3 is 1. The summed E-state index contributed by atoms with van der Waals surface area (Å²) in [6.07, 6.45) is 0. The van der Waals surface area contributed by atoms with Crippen LogP contribution in [0, 0.1) is 12.8 Å². The normalized spacial score (nSPS) is 16.9. The molecule has 0 saturated carbocycles. The van der Waals surface area contributed by atoms with Crippen LogP contribution in [0.3, 0.4) is 0 Å². The molecule has 0 bridgehead atoms. The van der Waals surface area contributed by atoms with E-state index in [1.165, 1.54) is 24.1 Å². The minimum atomic E-state index is -0.887. The summed E-state index contributed by atoms with van der Waals surface area (Å²) in [5, 5.41) is 11.7. The van der Waals surface area contributed by atoms with Crippen molar-refractivity contribution in [2.45, 2.75) is 26.8 Å². The van der Waals surface area contributed by atoms with Gasteiger partial charge >= 0.3 is 0 Å². The number of nitrogens with zero attached hydrogens (tertiary/aromatic N) is 1. The summed E-state index contributed by atoms with van der Waals surface area (Å²) in [5.41, 5.74) is 2.29. The molecule has 1 atom stereocenters. The van der Waals surface area contributed by atoms with Crippen LogP contribution in [-0.4, -0.2) is 30.5 Å². The van der Waals surface area contributed by atoms with Gasteiger partial charge in [-0.25, -0.2) is 0 Å². The van der Waals surface area contributed by atoms with Gasteiger partial charge < -0.3 is 14.6 Å². The number of hydrogen-bond acceptors (Lipinski definition) is 5. The van der Waals surface area contributed by atoms with Gasteiger partial charge in [0.1, 0.15) is 11.5 Å². The van der Waals surface area contributed by atoms with Gasteiger partial charge in [-0.3, -0.25) is 14.5 Å². The number of benzene rings is 3. The van der Waals surface area contributed by atoms with E-state index < -0.39 is 17.7 Å². The smallest absolute Gasteiger partial charge is 0.300 e. The third kappa shape index (κ3) is 5.31. The van der Waals surface area contributed by atoms with Crippen LogP contribution >= 0.6 is 23.2 Å². The Morgan fingerprint density at radius 1 is 1.00 bits per heavy atom. The predicted octanol–water partition coefficient (Wildman–Crippen LogP) is 6.97. The van der Waals surface area contributed by atoms with Crippen LogP contribution in [0.25, 0.3) is 5.76 Å². The van der Waals surface area contributed by atoms with Crippen molar-refractivity contribution in [3.8, 4) is 11.5 Å². The summed E-state index contributed by atoms with van der Waals surface area (Å²) < 4.78 is 11.0. The summed E-state index contributed by atoms with van der Waals surface area (Å²) in [4.78, 5) is 28.1. The lowest BCUT2D eigenvalue weighted by Crippen LogP contribution is -2.29. The quantitative estimate of drug-likeness (QED) is 0.199. The van der Waals surface area contributed by atoms with Gasteiger partial charge in [-0.1, -0.05) is 66.9 Å². The first kappa shape index (κ1) is 26.6. The lowest BCUT2D eigenvalue weighted by atomic mass is 9.95. The van der Waals surface area contributed by atoms with E-state index in [-0.39, 0.29) is 32.7 Å². The summed E-state index contributed by atoms with van der Waals surface area (Å²) in [5.74, 6) is -0.680. The number of aliphatic hydroxyl groups is 1. The Bertz CT molecular complexity index is 1340. The fourth-order valence-electron chi connectivity index (χ4n) is 4.18. The second kappa shape index (κ2) is 10.9. The van der Waals surface area contributed by atoms with Crippen molar-refractivity contribution in [1.29, 1.82) is 0 Å². The lowest BCUT2D eigenvalue weighted by Gasteiger charge is -2.26. The second-order valence-corrected chi connectivity index (χ2v) is 10.1. The van der Waals surface area contributed by atoms with Crippen LogP contribution in [0.2, 0.25) is 10.0 Å². The maximum absolute atomic E-state index is 13.4. The number of aliphatic hydroxyl groups excluding tert-OH is 1. The fraction of sp³-hybridized carbons (Fsp3) is 0.241. The number of ketones is 1. The number of anilines is 1. The Balaban J connectivity index is 1.87. The molecule has 3 aromatic carbocycles. The van der Waals surface area contributed by atoms with Gasteiger partial charge in [0, 0.05) is 11.3 Å². The van der Waals surface area contributed by atoms with Crippen molar-refractivity contribution in [3.63, 3.8) is 0 Å². The zero-order valence-electron chi connectivity index (χ0n) is 20.9. The van der Waals surface area contributed by atoms with Crippen LogP contribution in [0.4, 0.5) is 5.69 Å². The minimum absolute atomic E-state index is 0.0706. The van der Waals surface area contributed by atoms with Gasteiger partial charge in [0.05, 0.1) is 35.4 Å². The van der Waals surface area contributed by atoms with Crippen LogP contribution in [0.15, 0.2) is 66.2 Å². The maximum Gasteiger partial charge on any atom is 0.300 e. The number of halogens is 2. The Kier molecular flexibility index (Phi) is 7.81. The zero-order valence-corrected chi connectivity index (χ0v) is 22.4. The molecule has 0 aromatic heterocycles. The van der Waals surface area contributed by atoms with E-state index in [1.807, 2.05) is 19.1 Å². The first-order chi connectivity index (χ1) is 17.6. The standard InChI is InChI=1S/C29H27Cl2NO5/c1-16(2)15-37-21-11-7-18(8-12-21)25-24(26(33)19-13-22(30)28(36-4)23(31)14-19)27(34)29(35)32(25)20-9-5-17(3)6-10-20/h5-14,16,25,33H,15H2,1-4H3/b26-24+. The molecule has 37 heavy (non-hydrogen) atoms. The number of hydrogen-bond donors (Lipinski definition) is 1. The first-order valence-corrected chi connectivity index (χ1v) is 12.5. The number of Topliss-reactive ketones (excluding diaryl/α,β-unsaturated/α-hetero) is 1. The second-order valence-electron chi connectivity index (χ2n) is 9.25. The van der Waals surface area contributed by atoms with Crippen molar-refractivity contribution >= 4 is 46.3 Å². The molecule has 1 aliphatic heterocycles. The molecule has 1 saturated heterocycles. The Morgan fingerprint density at radius 2 is 1.59 bits per heavy atom. The molecule has 8 heteroatoms. The number of rotatable bonds is 7. The zero-order chi connectivity index (χ0) is 26.9. The fourth-order valence-corrected chi connectivity index (χ4v) is 4.82. The molecule has 1 aliphatic rings. The average molecular weight is 540 g/mol. The summed E-state index contributed by atoms with van der Waals surface area (Å²) in [6.45, 7) is 6.60. The molecule has 0 radical (unpaired) electrons. The van der Waals surface area contributed by atoms with Crippen LogP contribution in [-0.2, 0) is 9.59 Å². The number of ether oxygens (including phenoxy) is 2. The van der Waals surface area contributed by atoms with E-state index in [2.05, 4.69) is 13.8 Å². The molecule has 1 heterocycles. The molecule has 0 spiro atoms. The highest BCUT2D eigenvalue weighted by atomic mass is 35.5. The SMILES string of the molecule is COc1c(Cl)cc(/C(O)=C2\C(=O)C(=O)N(c3ccc(C)cc3)C2c2ccc(OCC(C)C)cc2)cc1Cl. The van der Waals surface area contributed by atoms with Crippen molar-refractivity contribution in [2.24, 2.45) is 5.92 Å².